The van der Waals surface area contributed by atoms with Crippen molar-refractivity contribution in [3.63, 3.8) is 0 Å². The number of nitrogens with zero attached hydrogens (tertiary/aromatic N) is 4. The van der Waals surface area contributed by atoms with Gasteiger partial charge >= 0.3 is 6.80 Å². The molecule has 2 aromatic rings. The maximum absolute atomic E-state index is 11.5. The fourth-order valence-electron chi connectivity index (χ4n) is 2.32. The van der Waals surface area contributed by atoms with E-state index in [9.17, 15) is 9.46 Å². The smallest absolute Gasteiger partial charge is 0.382 e. The third-order valence-electron chi connectivity index (χ3n) is 3.44. The Balaban J connectivity index is 1.69. The number of aromatic nitrogens is 4. The summed E-state index contributed by atoms with van der Waals surface area (Å²) in [6.45, 7) is -3.49. The number of hydrogen-bond acceptors (Lipinski definition) is 8. The van der Waals surface area contributed by atoms with Gasteiger partial charge in [0.25, 0.3) is 0 Å². The maximum Gasteiger partial charge on any atom is 0.386 e. The normalized spacial score (nSPS) is 24.6. The highest BCUT2D eigenvalue weighted by atomic mass is 32.7. The van der Waals surface area contributed by atoms with Crippen LogP contribution in [0.1, 0.15) is 19.1 Å². The van der Waals surface area contributed by atoms with Crippen molar-refractivity contribution < 1.29 is 18.7 Å². The Hall–Kier alpha value is -1.19. The van der Waals surface area contributed by atoms with E-state index >= 15 is 0 Å². The average molecular weight is 345 g/mol. The molecular weight excluding hydrogens is 329 g/mol. The topological polar surface area (TPSA) is 125 Å². The summed E-state index contributed by atoms with van der Waals surface area (Å²) < 4.78 is 24.1. The summed E-state index contributed by atoms with van der Waals surface area (Å²) in [5.41, 5.74) is 6.90. The van der Waals surface area contributed by atoms with E-state index in [4.69, 9.17) is 15.0 Å². The summed E-state index contributed by atoms with van der Waals surface area (Å²) in [5.74, 6) is 0.322. The second-order valence-electron chi connectivity index (χ2n) is 4.82. The molecule has 1 saturated heterocycles. The molecule has 1 unspecified atom stereocenters. The molecule has 3 N–H and O–H groups in total. The highest BCUT2D eigenvalue weighted by molar-refractivity contribution is 8.54. The number of rotatable bonds is 5. The highest BCUT2D eigenvalue weighted by Crippen LogP contribution is 2.54. The van der Waals surface area contributed by atoms with Crippen LogP contribution in [0.3, 0.4) is 0 Å². The molecule has 0 radical (unpaired) electrons. The Labute approximate surface area is 130 Å². The van der Waals surface area contributed by atoms with Crippen LogP contribution in [0.5, 0.6) is 0 Å². The lowest BCUT2D eigenvalue weighted by Gasteiger charge is -2.16. The van der Waals surface area contributed by atoms with E-state index in [-0.39, 0.29) is 18.9 Å². The summed E-state index contributed by atoms with van der Waals surface area (Å²) in [7, 11) is 0. The summed E-state index contributed by atoms with van der Waals surface area (Å²) in [4.78, 5) is 21.7. The second-order valence-corrected chi connectivity index (χ2v) is 8.86. The zero-order valence-electron chi connectivity index (χ0n) is 11.8. The van der Waals surface area contributed by atoms with Crippen molar-refractivity contribution in [1.82, 2.24) is 19.5 Å². The van der Waals surface area contributed by atoms with Gasteiger partial charge in [-0.05, 0) is 30.5 Å². The summed E-state index contributed by atoms with van der Waals surface area (Å²) in [5, 5.41) is 0. The predicted molar refractivity (Wildman–Crippen MR) is 82.2 cm³/mol. The Kier molecular flexibility index (Phi) is 4.37. The largest absolute Gasteiger partial charge is 0.386 e. The molecule has 1 fully saturated rings. The van der Waals surface area contributed by atoms with E-state index in [0.29, 0.717) is 17.0 Å². The molecule has 3 atom stereocenters. The van der Waals surface area contributed by atoms with E-state index in [0.717, 1.165) is 24.2 Å². The van der Waals surface area contributed by atoms with Gasteiger partial charge in [0, 0.05) is 0 Å². The molecule has 0 bridgehead atoms. The molecule has 1 aliphatic rings. The first kappa shape index (κ1) is 15.7. The van der Waals surface area contributed by atoms with Gasteiger partial charge in [-0.1, -0.05) is 0 Å². The van der Waals surface area contributed by atoms with E-state index < -0.39 is 6.80 Å². The highest BCUT2D eigenvalue weighted by Gasteiger charge is 2.30. The zero-order valence-corrected chi connectivity index (χ0v) is 13.5. The van der Waals surface area contributed by atoms with Crippen LogP contribution in [-0.4, -0.2) is 43.4 Å². The third-order valence-corrected chi connectivity index (χ3v) is 6.07. The number of ether oxygens (including phenoxy) is 1. The number of fused-ring (bicyclic) bond motifs is 1. The van der Waals surface area contributed by atoms with Crippen molar-refractivity contribution in [3.8, 4) is 0 Å². The minimum atomic E-state index is -3.57. The SMILES string of the molecule is CSP(=O)(O)OC[C@@H]1CC[C@H](n2cnc3c(N)ncnc32)O1. The van der Waals surface area contributed by atoms with E-state index in [1.807, 2.05) is 0 Å². The summed E-state index contributed by atoms with van der Waals surface area (Å²) in [6, 6.07) is 0. The molecule has 0 amide bonds. The van der Waals surface area contributed by atoms with Crippen molar-refractivity contribution in [3.05, 3.63) is 12.7 Å². The van der Waals surface area contributed by atoms with Crippen LogP contribution < -0.4 is 5.73 Å². The lowest BCUT2D eigenvalue weighted by Crippen LogP contribution is -2.15. The molecule has 0 spiro atoms. The van der Waals surface area contributed by atoms with Gasteiger partial charge in [0.2, 0.25) is 0 Å². The van der Waals surface area contributed by atoms with Crippen LogP contribution in [0, 0.1) is 0 Å². The van der Waals surface area contributed by atoms with Gasteiger partial charge in [-0.25, -0.2) is 19.5 Å². The predicted octanol–water partition coefficient (Wildman–Crippen LogP) is 1.57. The van der Waals surface area contributed by atoms with Crippen LogP contribution >= 0.6 is 18.2 Å². The van der Waals surface area contributed by atoms with Crippen LogP contribution in [-0.2, 0) is 13.8 Å². The Morgan fingerprint density at radius 2 is 2.36 bits per heavy atom. The molecule has 0 aromatic carbocycles. The average Bonchev–Trinajstić information content (AvgIpc) is 3.12. The summed E-state index contributed by atoms with van der Waals surface area (Å²) in [6.07, 6.45) is 5.49. The number of anilines is 1. The molecule has 3 heterocycles. The first-order valence-corrected chi connectivity index (χ1v) is 10.0. The molecule has 3 rings (SSSR count). The quantitative estimate of drug-likeness (QED) is 0.776. The molecular formula is C11H16N5O4PS. The Bertz CT molecular complexity index is 726. The molecule has 0 aliphatic carbocycles. The van der Waals surface area contributed by atoms with Crippen molar-refractivity contribution in [2.24, 2.45) is 0 Å². The molecule has 9 nitrogen and oxygen atoms in total. The summed E-state index contributed by atoms with van der Waals surface area (Å²) >= 11 is 0.800. The van der Waals surface area contributed by atoms with Gasteiger partial charge in [-0.15, -0.1) is 0 Å². The first-order valence-electron chi connectivity index (χ1n) is 6.61. The van der Waals surface area contributed by atoms with Gasteiger partial charge in [-0.2, -0.15) is 0 Å². The van der Waals surface area contributed by atoms with Crippen LogP contribution in [0.15, 0.2) is 12.7 Å². The van der Waals surface area contributed by atoms with Crippen molar-refractivity contribution in [2.45, 2.75) is 25.2 Å². The molecule has 1 aliphatic heterocycles. The molecule has 22 heavy (non-hydrogen) atoms. The third kappa shape index (κ3) is 3.11. The molecule has 120 valence electrons. The van der Waals surface area contributed by atoms with Crippen LogP contribution in [0.4, 0.5) is 5.82 Å². The van der Waals surface area contributed by atoms with Gasteiger partial charge in [0.15, 0.2) is 11.5 Å². The fourth-order valence-corrected chi connectivity index (χ4v) is 3.28. The number of imidazole rings is 1. The maximum atomic E-state index is 11.5. The second kappa shape index (κ2) is 6.13. The molecule has 11 heteroatoms. The lowest BCUT2D eigenvalue weighted by molar-refractivity contribution is -0.0166. The number of nitrogens with two attached hydrogens (primary N) is 1. The van der Waals surface area contributed by atoms with Gasteiger partial charge < -0.3 is 15.4 Å². The van der Waals surface area contributed by atoms with Crippen LogP contribution in [0.2, 0.25) is 0 Å². The van der Waals surface area contributed by atoms with Crippen molar-refractivity contribution in [1.29, 1.82) is 0 Å². The lowest BCUT2D eigenvalue weighted by atomic mass is 10.2. The van der Waals surface area contributed by atoms with E-state index in [1.54, 1.807) is 10.9 Å². The molecule has 2 aromatic heterocycles. The van der Waals surface area contributed by atoms with Gasteiger partial charge in [0.1, 0.15) is 18.1 Å². The standard InChI is InChI=1S/C11H16N5O4PS/c1-22-21(17,18)19-4-7-2-3-8(20-7)16-6-15-9-10(12)13-5-14-11(9)16/h5-8H,2-4H2,1H3,(H,17,18)(H2,12,13,14)/t7-,8+/m0/s1. The minimum Gasteiger partial charge on any atom is -0.382 e. The number of hydrogen-bond donors (Lipinski definition) is 2. The minimum absolute atomic E-state index is 0.0782. The first-order chi connectivity index (χ1) is 10.5. The fraction of sp³-hybridized carbons (Fsp3) is 0.545. The monoisotopic (exact) mass is 345 g/mol. The molecule has 0 saturated carbocycles. The van der Waals surface area contributed by atoms with E-state index in [2.05, 4.69) is 15.0 Å². The Morgan fingerprint density at radius 3 is 3.14 bits per heavy atom. The van der Waals surface area contributed by atoms with Crippen molar-refractivity contribution in [2.75, 3.05) is 18.6 Å². The van der Waals surface area contributed by atoms with E-state index in [1.165, 1.54) is 12.6 Å². The van der Waals surface area contributed by atoms with Crippen LogP contribution in [0.25, 0.3) is 11.2 Å². The van der Waals surface area contributed by atoms with Gasteiger partial charge in [0.05, 0.1) is 19.0 Å². The zero-order chi connectivity index (χ0) is 15.7. The van der Waals surface area contributed by atoms with Gasteiger partial charge in [-0.3, -0.25) is 9.09 Å². The number of nitrogen functional groups attached to an aromatic ring is 1. The van der Waals surface area contributed by atoms with Crippen molar-refractivity contribution >= 4 is 35.2 Å². The Morgan fingerprint density at radius 1 is 1.55 bits per heavy atom.